The van der Waals surface area contributed by atoms with E-state index in [1.807, 2.05) is 0 Å². The number of nitrogens with zero attached hydrogens (tertiary/aromatic N) is 1. The van der Waals surface area contributed by atoms with Crippen LogP contribution in [0.15, 0.2) is 24.3 Å². The van der Waals surface area contributed by atoms with Gasteiger partial charge < -0.3 is 5.11 Å². The van der Waals surface area contributed by atoms with E-state index in [1.165, 1.54) is 11.1 Å². The fourth-order valence-corrected chi connectivity index (χ4v) is 2.17. The van der Waals surface area contributed by atoms with Gasteiger partial charge in [-0.15, -0.1) is 0 Å². The third-order valence-corrected chi connectivity index (χ3v) is 2.99. The third-order valence-electron chi connectivity index (χ3n) is 2.99. The highest BCUT2D eigenvalue weighted by molar-refractivity contribution is 5.30. The molecule has 0 aliphatic carbocycles. The molecule has 2 rings (SSSR count). The van der Waals surface area contributed by atoms with Crippen LogP contribution in [-0.2, 0) is 13.1 Å². The maximum Gasteiger partial charge on any atom is 0.0494 e. The monoisotopic (exact) mass is 205 g/mol. The topological polar surface area (TPSA) is 23.5 Å². The van der Waals surface area contributed by atoms with Crippen molar-refractivity contribution in [1.82, 2.24) is 4.90 Å². The van der Waals surface area contributed by atoms with Crippen molar-refractivity contribution in [3.05, 3.63) is 35.4 Å². The van der Waals surface area contributed by atoms with Crippen LogP contribution in [0.5, 0.6) is 0 Å². The molecule has 1 aliphatic heterocycles. The zero-order valence-corrected chi connectivity index (χ0v) is 9.53. The first-order valence-corrected chi connectivity index (χ1v) is 5.51. The normalized spacial score (nSPS) is 16.7. The van der Waals surface area contributed by atoms with Gasteiger partial charge >= 0.3 is 0 Å². The van der Waals surface area contributed by atoms with Crippen LogP contribution in [-0.4, -0.2) is 23.2 Å². The van der Waals surface area contributed by atoms with Gasteiger partial charge in [-0.2, -0.15) is 0 Å². The number of hydrogen-bond acceptors (Lipinski definition) is 2. The molecule has 1 heterocycles. The summed E-state index contributed by atoms with van der Waals surface area (Å²) < 4.78 is 0. The Kier molecular flexibility index (Phi) is 2.81. The van der Waals surface area contributed by atoms with Crippen molar-refractivity contribution in [2.24, 2.45) is 5.41 Å². The van der Waals surface area contributed by atoms with E-state index in [4.69, 9.17) is 0 Å². The minimum absolute atomic E-state index is 0.00203. The van der Waals surface area contributed by atoms with E-state index in [9.17, 15) is 5.11 Å². The predicted molar refractivity (Wildman–Crippen MR) is 61.4 cm³/mol. The maximum absolute atomic E-state index is 9.24. The lowest BCUT2D eigenvalue weighted by atomic mass is 9.94. The van der Waals surface area contributed by atoms with Crippen molar-refractivity contribution < 1.29 is 5.11 Å². The van der Waals surface area contributed by atoms with Crippen LogP contribution in [0, 0.1) is 5.41 Å². The lowest BCUT2D eigenvalue weighted by molar-refractivity contribution is 0.102. The highest BCUT2D eigenvalue weighted by atomic mass is 16.3. The van der Waals surface area contributed by atoms with Gasteiger partial charge in [-0.05, 0) is 11.1 Å². The molecule has 0 saturated carbocycles. The van der Waals surface area contributed by atoms with Crippen molar-refractivity contribution in [1.29, 1.82) is 0 Å². The molecule has 0 bridgehead atoms. The quantitative estimate of drug-likeness (QED) is 0.816. The molecule has 0 aromatic heterocycles. The van der Waals surface area contributed by atoms with Gasteiger partial charge in [0.05, 0.1) is 0 Å². The lowest BCUT2D eigenvalue weighted by Gasteiger charge is -2.27. The Bertz CT molecular complexity index is 321. The molecule has 15 heavy (non-hydrogen) atoms. The summed E-state index contributed by atoms with van der Waals surface area (Å²) in [6, 6.07) is 8.58. The van der Waals surface area contributed by atoms with Crippen molar-refractivity contribution in [3.8, 4) is 0 Å². The molecule has 82 valence electrons. The molecule has 0 spiro atoms. The Morgan fingerprint density at radius 1 is 1.20 bits per heavy atom. The lowest BCUT2D eigenvalue weighted by Crippen LogP contribution is -2.33. The van der Waals surface area contributed by atoms with Crippen molar-refractivity contribution in [3.63, 3.8) is 0 Å². The largest absolute Gasteiger partial charge is 0.396 e. The first-order chi connectivity index (χ1) is 7.11. The molecule has 1 aromatic rings. The van der Waals surface area contributed by atoms with Crippen LogP contribution < -0.4 is 0 Å². The van der Waals surface area contributed by atoms with Gasteiger partial charge in [0.2, 0.25) is 0 Å². The first-order valence-electron chi connectivity index (χ1n) is 5.51. The second kappa shape index (κ2) is 3.95. The molecule has 2 nitrogen and oxygen atoms in total. The van der Waals surface area contributed by atoms with Gasteiger partial charge in [0.15, 0.2) is 0 Å². The van der Waals surface area contributed by atoms with E-state index >= 15 is 0 Å². The molecule has 1 aromatic carbocycles. The summed E-state index contributed by atoms with van der Waals surface area (Å²) in [5.41, 5.74) is 2.87. The standard InChI is InChI=1S/C13H19NO/c1-13(2,10-15)9-14-7-11-5-3-4-6-12(11)8-14/h3-6,15H,7-10H2,1-2H3. The van der Waals surface area contributed by atoms with Gasteiger partial charge in [0.25, 0.3) is 0 Å². The number of fused-ring (bicyclic) bond motifs is 1. The van der Waals surface area contributed by atoms with E-state index in [2.05, 4.69) is 43.0 Å². The van der Waals surface area contributed by atoms with Crippen molar-refractivity contribution in [2.45, 2.75) is 26.9 Å². The van der Waals surface area contributed by atoms with E-state index in [1.54, 1.807) is 0 Å². The molecular formula is C13H19NO. The molecule has 0 amide bonds. The molecule has 0 fully saturated rings. The van der Waals surface area contributed by atoms with Crippen LogP contribution in [0.3, 0.4) is 0 Å². The Balaban J connectivity index is 2.02. The van der Waals surface area contributed by atoms with Crippen LogP contribution in [0.25, 0.3) is 0 Å². The fraction of sp³-hybridized carbons (Fsp3) is 0.538. The Hall–Kier alpha value is -0.860. The van der Waals surface area contributed by atoms with Gasteiger partial charge in [0.1, 0.15) is 0 Å². The number of hydrogen-bond donors (Lipinski definition) is 1. The minimum atomic E-state index is 0.00203. The highest BCUT2D eigenvalue weighted by Gasteiger charge is 2.25. The summed E-state index contributed by atoms with van der Waals surface area (Å²) in [6.07, 6.45) is 0. The number of aliphatic hydroxyl groups excluding tert-OH is 1. The highest BCUT2D eigenvalue weighted by Crippen LogP contribution is 2.26. The second-order valence-electron chi connectivity index (χ2n) is 5.24. The molecule has 0 atom stereocenters. The summed E-state index contributed by atoms with van der Waals surface area (Å²) in [7, 11) is 0. The van der Waals surface area contributed by atoms with Crippen LogP contribution in [0.2, 0.25) is 0 Å². The molecule has 2 heteroatoms. The van der Waals surface area contributed by atoms with E-state index in [0.717, 1.165) is 19.6 Å². The van der Waals surface area contributed by atoms with E-state index in [0.29, 0.717) is 0 Å². The van der Waals surface area contributed by atoms with Crippen LogP contribution in [0.1, 0.15) is 25.0 Å². The van der Waals surface area contributed by atoms with Gasteiger partial charge in [-0.3, -0.25) is 4.90 Å². The summed E-state index contributed by atoms with van der Waals surface area (Å²) in [6.45, 7) is 7.48. The van der Waals surface area contributed by atoms with Gasteiger partial charge in [0, 0.05) is 31.7 Å². The zero-order chi connectivity index (χ0) is 10.9. The predicted octanol–water partition coefficient (Wildman–Crippen LogP) is 2.02. The number of aliphatic hydroxyl groups is 1. The van der Waals surface area contributed by atoms with Crippen molar-refractivity contribution in [2.75, 3.05) is 13.2 Å². The summed E-state index contributed by atoms with van der Waals surface area (Å²) in [5, 5.41) is 9.24. The number of benzene rings is 1. The molecule has 0 saturated heterocycles. The second-order valence-corrected chi connectivity index (χ2v) is 5.24. The van der Waals surface area contributed by atoms with E-state index in [-0.39, 0.29) is 12.0 Å². The Morgan fingerprint density at radius 3 is 2.20 bits per heavy atom. The van der Waals surface area contributed by atoms with Crippen LogP contribution >= 0.6 is 0 Å². The molecule has 1 N–H and O–H groups in total. The average Bonchev–Trinajstić information content (AvgIpc) is 2.58. The SMILES string of the molecule is CC(C)(CO)CN1Cc2ccccc2C1. The van der Waals surface area contributed by atoms with Crippen LogP contribution in [0.4, 0.5) is 0 Å². The minimum Gasteiger partial charge on any atom is -0.396 e. The average molecular weight is 205 g/mol. The molecule has 0 unspecified atom stereocenters. The van der Waals surface area contributed by atoms with Crippen molar-refractivity contribution >= 4 is 0 Å². The van der Waals surface area contributed by atoms with Gasteiger partial charge in [-0.25, -0.2) is 0 Å². The molecular weight excluding hydrogens is 186 g/mol. The number of rotatable bonds is 3. The fourth-order valence-electron chi connectivity index (χ4n) is 2.17. The zero-order valence-electron chi connectivity index (χ0n) is 9.53. The smallest absolute Gasteiger partial charge is 0.0494 e. The van der Waals surface area contributed by atoms with Gasteiger partial charge in [-0.1, -0.05) is 38.1 Å². The summed E-state index contributed by atoms with van der Waals surface area (Å²) >= 11 is 0. The maximum atomic E-state index is 9.24. The Morgan fingerprint density at radius 2 is 1.73 bits per heavy atom. The van der Waals surface area contributed by atoms with E-state index < -0.39 is 0 Å². The first kappa shape index (κ1) is 10.7. The molecule has 0 radical (unpaired) electrons. The Labute approximate surface area is 91.5 Å². The third kappa shape index (κ3) is 2.39. The summed E-state index contributed by atoms with van der Waals surface area (Å²) in [4.78, 5) is 2.40. The summed E-state index contributed by atoms with van der Waals surface area (Å²) in [5.74, 6) is 0. The molecule has 1 aliphatic rings.